The molecule has 21 heavy (non-hydrogen) atoms. The average Bonchev–Trinajstić information content (AvgIpc) is 2.48. The Morgan fingerprint density at radius 3 is 3.05 bits per heavy atom. The van der Waals surface area contributed by atoms with E-state index in [0.29, 0.717) is 12.4 Å². The maximum atomic E-state index is 12.3. The van der Waals surface area contributed by atoms with Gasteiger partial charge in [-0.2, -0.15) is 11.8 Å². The number of pyridine rings is 1. The maximum Gasteiger partial charge on any atom is 0.300 e. The summed E-state index contributed by atoms with van der Waals surface area (Å²) in [5.74, 6) is 2.01. The van der Waals surface area contributed by atoms with E-state index in [0.717, 1.165) is 30.5 Å². The highest BCUT2D eigenvalue weighted by Gasteiger charge is 2.24. The van der Waals surface area contributed by atoms with Gasteiger partial charge in [-0.3, -0.25) is 14.9 Å². The van der Waals surface area contributed by atoms with Crippen molar-refractivity contribution in [3.63, 3.8) is 0 Å². The van der Waals surface area contributed by atoms with Crippen LogP contribution >= 0.6 is 11.8 Å². The fourth-order valence-corrected chi connectivity index (χ4v) is 3.24. The lowest BCUT2D eigenvalue weighted by Crippen LogP contribution is -2.38. The minimum Gasteiger partial charge on any atom is -0.370 e. The molecule has 0 bridgehead atoms. The SMILES string of the molecule is CCNc1cc(C(=O)NC2CCCSC2)c([N+](=O)[O-])cn1. The summed E-state index contributed by atoms with van der Waals surface area (Å²) in [4.78, 5) is 26.7. The van der Waals surface area contributed by atoms with Gasteiger partial charge in [0.25, 0.3) is 11.6 Å². The van der Waals surface area contributed by atoms with Gasteiger partial charge >= 0.3 is 0 Å². The number of hydrogen-bond donors (Lipinski definition) is 2. The predicted molar refractivity (Wildman–Crippen MR) is 82.9 cm³/mol. The maximum absolute atomic E-state index is 12.3. The van der Waals surface area contributed by atoms with Gasteiger partial charge in [-0.15, -0.1) is 0 Å². The largest absolute Gasteiger partial charge is 0.370 e. The first kappa shape index (κ1) is 15.6. The quantitative estimate of drug-likeness (QED) is 0.638. The number of nitro groups is 1. The number of thioether (sulfide) groups is 1. The monoisotopic (exact) mass is 310 g/mol. The van der Waals surface area contributed by atoms with Crippen molar-refractivity contribution in [3.05, 3.63) is 27.9 Å². The van der Waals surface area contributed by atoms with E-state index in [4.69, 9.17) is 0 Å². The highest BCUT2D eigenvalue weighted by Crippen LogP contribution is 2.22. The molecule has 0 aromatic carbocycles. The minimum absolute atomic E-state index is 0.0570. The van der Waals surface area contributed by atoms with Crippen LogP contribution in [0.5, 0.6) is 0 Å². The molecule has 8 heteroatoms. The Kier molecular flexibility index (Phi) is 5.38. The Balaban J connectivity index is 2.19. The third-order valence-corrected chi connectivity index (χ3v) is 4.39. The number of anilines is 1. The summed E-state index contributed by atoms with van der Waals surface area (Å²) < 4.78 is 0. The van der Waals surface area contributed by atoms with E-state index in [1.807, 2.05) is 6.92 Å². The van der Waals surface area contributed by atoms with E-state index in [2.05, 4.69) is 15.6 Å². The van der Waals surface area contributed by atoms with Crippen LogP contribution in [-0.4, -0.2) is 39.9 Å². The van der Waals surface area contributed by atoms with Crippen molar-refractivity contribution in [2.75, 3.05) is 23.4 Å². The molecule has 0 aliphatic carbocycles. The summed E-state index contributed by atoms with van der Waals surface area (Å²) >= 11 is 1.79. The normalized spacial score (nSPS) is 18.0. The van der Waals surface area contributed by atoms with Gasteiger partial charge < -0.3 is 10.6 Å². The van der Waals surface area contributed by atoms with Gasteiger partial charge in [0.1, 0.15) is 17.6 Å². The van der Waals surface area contributed by atoms with E-state index >= 15 is 0 Å². The van der Waals surface area contributed by atoms with E-state index in [-0.39, 0.29) is 17.3 Å². The van der Waals surface area contributed by atoms with Crippen LogP contribution < -0.4 is 10.6 Å². The number of carbonyl (C=O) groups is 1. The number of carbonyl (C=O) groups excluding carboxylic acids is 1. The summed E-state index contributed by atoms with van der Waals surface area (Å²) in [7, 11) is 0. The molecule has 1 aliphatic rings. The minimum atomic E-state index is -0.576. The second-order valence-electron chi connectivity index (χ2n) is 4.76. The molecule has 0 spiro atoms. The Morgan fingerprint density at radius 2 is 2.43 bits per heavy atom. The van der Waals surface area contributed by atoms with E-state index < -0.39 is 10.8 Å². The first-order chi connectivity index (χ1) is 10.1. The molecule has 1 aromatic heterocycles. The summed E-state index contributed by atoms with van der Waals surface area (Å²) in [6, 6.07) is 1.51. The Bertz CT molecular complexity index is 532. The van der Waals surface area contributed by atoms with Crippen molar-refractivity contribution in [2.45, 2.75) is 25.8 Å². The molecule has 0 radical (unpaired) electrons. The summed E-state index contributed by atoms with van der Waals surface area (Å²) in [6.45, 7) is 2.52. The Hall–Kier alpha value is -1.83. The molecule has 7 nitrogen and oxygen atoms in total. The smallest absolute Gasteiger partial charge is 0.300 e. The van der Waals surface area contributed by atoms with Crippen LogP contribution in [0.3, 0.4) is 0 Å². The van der Waals surface area contributed by atoms with Crippen LogP contribution in [0.2, 0.25) is 0 Å². The van der Waals surface area contributed by atoms with Crippen molar-refractivity contribution in [1.29, 1.82) is 0 Å². The number of nitrogens with zero attached hydrogens (tertiary/aromatic N) is 2. The van der Waals surface area contributed by atoms with Gasteiger partial charge in [-0.25, -0.2) is 4.98 Å². The molecule has 2 rings (SSSR count). The van der Waals surface area contributed by atoms with Crippen LogP contribution in [0.25, 0.3) is 0 Å². The molecule has 1 amide bonds. The van der Waals surface area contributed by atoms with Crippen molar-refractivity contribution in [2.24, 2.45) is 0 Å². The van der Waals surface area contributed by atoms with Crippen LogP contribution in [0.4, 0.5) is 11.5 Å². The van der Waals surface area contributed by atoms with Crippen molar-refractivity contribution in [1.82, 2.24) is 10.3 Å². The molecule has 1 atom stereocenters. The molecule has 114 valence electrons. The lowest BCUT2D eigenvalue weighted by Gasteiger charge is -2.22. The van der Waals surface area contributed by atoms with E-state index in [1.54, 1.807) is 11.8 Å². The fourth-order valence-electron chi connectivity index (χ4n) is 2.17. The van der Waals surface area contributed by atoms with Gasteiger partial charge in [0.2, 0.25) is 0 Å². The summed E-state index contributed by atoms with van der Waals surface area (Å²) in [5, 5.41) is 16.9. The van der Waals surface area contributed by atoms with Gasteiger partial charge in [-0.05, 0) is 25.5 Å². The van der Waals surface area contributed by atoms with E-state index in [9.17, 15) is 14.9 Å². The van der Waals surface area contributed by atoms with Crippen molar-refractivity contribution < 1.29 is 9.72 Å². The molecule has 0 saturated carbocycles. The molecule has 1 aliphatic heterocycles. The number of rotatable bonds is 5. The third kappa shape index (κ3) is 4.07. The molecule has 2 N–H and O–H groups in total. The van der Waals surface area contributed by atoms with Crippen LogP contribution in [-0.2, 0) is 0 Å². The second kappa shape index (κ2) is 7.26. The Labute approximate surface area is 127 Å². The van der Waals surface area contributed by atoms with Crippen LogP contribution in [0.15, 0.2) is 12.3 Å². The summed E-state index contributed by atoms with van der Waals surface area (Å²) in [5.41, 5.74) is -0.209. The molecule has 1 aromatic rings. The van der Waals surface area contributed by atoms with E-state index in [1.165, 1.54) is 6.07 Å². The number of aromatic nitrogens is 1. The molecular weight excluding hydrogens is 292 g/mol. The second-order valence-corrected chi connectivity index (χ2v) is 5.91. The number of nitrogens with one attached hydrogen (secondary N) is 2. The molecule has 1 unspecified atom stereocenters. The topological polar surface area (TPSA) is 97.2 Å². The van der Waals surface area contributed by atoms with Crippen molar-refractivity contribution >= 4 is 29.2 Å². The molecule has 1 fully saturated rings. The first-order valence-electron chi connectivity index (χ1n) is 6.88. The van der Waals surface area contributed by atoms with Gasteiger partial charge in [0.15, 0.2) is 0 Å². The van der Waals surface area contributed by atoms with Gasteiger partial charge in [-0.1, -0.05) is 0 Å². The average molecular weight is 310 g/mol. The first-order valence-corrected chi connectivity index (χ1v) is 8.04. The highest BCUT2D eigenvalue weighted by atomic mass is 32.2. The lowest BCUT2D eigenvalue weighted by atomic mass is 10.1. The fraction of sp³-hybridized carbons (Fsp3) is 0.538. The molecule has 1 saturated heterocycles. The number of amides is 1. The zero-order valence-electron chi connectivity index (χ0n) is 11.8. The van der Waals surface area contributed by atoms with Crippen LogP contribution in [0, 0.1) is 10.1 Å². The molecular formula is C13H18N4O3S. The lowest BCUT2D eigenvalue weighted by molar-refractivity contribution is -0.385. The highest BCUT2D eigenvalue weighted by molar-refractivity contribution is 7.99. The van der Waals surface area contributed by atoms with Gasteiger partial charge in [0, 0.05) is 24.4 Å². The van der Waals surface area contributed by atoms with Gasteiger partial charge in [0.05, 0.1) is 4.92 Å². The third-order valence-electron chi connectivity index (χ3n) is 3.18. The predicted octanol–water partition coefficient (Wildman–Crippen LogP) is 2.05. The van der Waals surface area contributed by atoms with Crippen LogP contribution in [0.1, 0.15) is 30.1 Å². The number of hydrogen-bond acceptors (Lipinski definition) is 6. The summed E-state index contributed by atoms with van der Waals surface area (Å²) in [6.07, 6.45) is 3.09. The standard InChI is InChI=1S/C13H18N4O3S/c1-2-14-12-6-10(11(7-15-12)17(19)20)13(18)16-9-4-3-5-21-8-9/h6-7,9H,2-5,8H2,1H3,(H,14,15)(H,16,18). The Morgan fingerprint density at radius 1 is 1.62 bits per heavy atom. The molecule has 2 heterocycles. The zero-order valence-corrected chi connectivity index (χ0v) is 12.6. The van der Waals surface area contributed by atoms with Crippen molar-refractivity contribution in [3.8, 4) is 0 Å². The zero-order chi connectivity index (χ0) is 15.2.